The summed E-state index contributed by atoms with van der Waals surface area (Å²) in [6, 6.07) is 9.87. The number of aromatic nitrogens is 5. The van der Waals surface area contributed by atoms with Gasteiger partial charge in [0.25, 0.3) is 0 Å². The normalized spacial score (nSPS) is 17.1. The summed E-state index contributed by atoms with van der Waals surface area (Å²) in [5, 5.41) is 13.2. The first kappa shape index (κ1) is 21.1. The summed E-state index contributed by atoms with van der Waals surface area (Å²) in [7, 11) is 3.59. The van der Waals surface area contributed by atoms with Crippen molar-refractivity contribution in [2.75, 3.05) is 19.0 Å². The number of ether oxygens (including phenoxy) is 1. The van der Waals surface area contributed by atoms with Crippen LogP contribution in [0.25, 0.3) is 22.5 Å². The van der Waals surface area contributed by atoms with Gasteiger partial charge in [-0.1, -0.05) is 13.0 Å². The number of hydrogen-bond donors (Lipinski definition) is 2. The molecule has 1 aliphatic rings. The minimum absolute atomic E-state index is 0.107. The van der Waals surface area contributed by atoms with Crippen LogP contribution < -0.4 is 10.1 Å². The number of benzene rings is 1. The first-order valence-electron chi connectivity index (χ1n) is 10.9. The Balaban J connectivity index is 1.44. The number of anilines is 2. The molecule has 1 unspecified atom stereocenters. The van der Waals surface area contributed by atoms with Crippen molar-refractivity contribution in [3.63, 3.8) is 0 Å². The van der Waals surface area contributed by atoms with Crippen LogP contribution >= 0.6 is 0 Å². The number of rotatable bonds is 6. The fourth-order valence-corrected chi connectivity index (χ4v) is 4.34. The Morgan fingerprint density at radius 3 is 2.79 bits per heavy atom. The van der Waals surface area contributed by atoms with E-state index in [1.165, 1.54) is 0 Å². The highest BCUT2D eigenvalue weighted by Gasteiger charge is 2.35. The number of pyridine rings is 1. The van der Waals surface area contributed by atoms with Crippen LogP contribution in [0.5, 0.6) is 5.75 Å². The Hall–Kier alpha value is -3.78. The van der Waals surface area contributed by atoms with E-state index in [2.05, 4.69) is 33.3 Å². The topological polar surface area (TPSA) is 98.0 Å². The summed E-state index contributed by atoms with van der Waals surface area (Å²) >= 11 is 0. The average Bonchev–Trinajstić information content (AvgIpc) is 3.43. The molecule has 0 saturated carbocycles. The van der Waals surface area contributed by atoms with E-state index in [-0.39, 0.29) is 12.0 Å². The third kappa shape index (κ3) is 3.82. The van der Waals surface area contributed by atoms with Crippen molar-refractivity contribution >= 4 is 11.6 Å². The molecule has 168 valence electrons. The molecule has 8 nitrogen and oxygen atoms in total. The van der Waals surface area contributed by atoms with Crippen molar-refractivity contribution < 1.29 is 9.84 Å². The molecule has 2 N–H and O–H groups in total. The van der Waals surface area contributed by atoms with Gasteiger partial charge < -0.3 is 19.7 Å². The highest BCUT2D eigenvalue weighted by molar-refractivity contribution is 5.72. The van der Waals surface area contributed by atoms with Crippen molar-refractivity contribution in [2.45, 2.75) is 25.2 Å². The van der Waals surface area contributed by atoms with Gasteiger partial charge in [0.2, 0.25) is 5.95 Å². The lowest BCUT2D eigenvalue weighted by molar-refractivity contribution is 0.206. The molecule has 1 atom stereocenters. The van der Waals surface area contributed by atoms with Gasteiger partial charge in [0.15, 0.2) is 0 Å². The van der Waals surface area contributed by atoms with E-state index in [1.54, 1.807) is 19.6 Å². The molecule has 1 aromatic carbocycles. The summed E-state index contributed by atoms with van der Waals surface area (Å²) in [6.07, 6.45) is 8.94. The van der Waals surface area contributed by atoms with Crippen LogP contribution in [0.1, 0.15) is 24.6 Å². The second kappa shape index (κ2) is 8.29. The molecule has 0 amide bonds. The molecule has 4 aromatic rings. The van der Waals surface area contributed by atoms with E-state index >= 15 is 0 Å². The van der Waals surface area contributed by atoms with Crippen molar-refractivity contribution in [2.24, 2.45) is 7.05 Å². The van der Waals surface area contributed by atoms with Crippen molar-refractivity contribution in [1.29, 1.82) is 0 Å². The minimum Gasteiger partial charge on any atom is -0.495 e. The lowest BCUT2D eigenvalue weighted by Gasteiger charge is -2.22. The van der Waals surface area contributed by atoms with Crippen LogP contribution in [-0.2, 0) is 18.9 Å². The first-order chi connectivity index (χ1) is 16.0. The maximum absolute atomic E-state index is 9.91. The fraction of sp³-hybridized carbons (Fsp3) is 0.280. The number of nitrogens with zero attached hydrogens (tertiary/aromatic N) is 5. The third-order valence-electron chi connectivity index (χ3n) is 6.39. The maximum Gasteiger partial charge on any atom is 0.227 e. The van der Waals surface area contributed by atoms with Gasteiger partial charge in [0.05, 0.1) is 43.3 Å². The van der Waals surface area contributed by atoms with Crippen LogP contribution in [0.2, 0.25) is 0 Å². The number of nitrogens with one attached hydrogen (secondary N) is 1. The van der Waals surface area contributed by atoms with Crippen LogP contribution in [-0.4, -0.2) is 43.3 Å². The number of fused-ring (bicyclic) bond motifs is 1. The van der Waals surface area contributed by atoms with Crippen LogP contribution in [0.3, 0.4) is 0 Å². The number of aliphatic hydroxyl groups is 1. The number of methoxy groups -OCH3 is 1. The molecule has 0 bridgehead atoms. The lowest BCUT2D eigenvalue weighted by Crippen LogP contribution is -2.23. The van der Waals surface area contributed by atoms with Gasteiger partial charge in [-0.05, 0) is 42.7 Å². The highest BCUT2D eigenvalue weighted by atomic mass is 16.5. The molecule has 3 heterocycles. The summed E-state index contributed by atoms with van der Waals surface area (Å²) in [4.78, 5) is 17.9. The standard InChI is InChI=1S/C25H26N6O2/c1-25(14-32)8-6-20-18(25)10-17(12-28-20)19-7-9-27-24(29-19)30-21-5-4-16(11-23(21)33-3)22-13-26-15-31(22)2/h4-5,7,9-13,15,32H,6,8,14H2,1-3H3,(H,27,29,30). The lowest BCUT2D eigenvalue weighted by atomic mass is 9.85. The minimum atomic E-state index is -0.255. The molecule has 0 radical (unpaired) electrons. The Morgan fingerprint density at radius 1 is 1.15 bits per heavy atom. The third-order valence-corrected chi connectivity index (χ3v) is 6.39. The van der Waals surface area contributed by atoms with Gasteiger partial charge in [-0.3, -0.25) is 4.98 Å². The quantitative estimate of drug-likeness (QED) is 0.467. The van der Waals surface area contributed by atoms with Gasteiger partial charge >= 0.3 is 0 Å². The number of aliphatic hydroxyl groups excluding tert-OH is 1. The Morgan fingerprint density at radius 2 is 2.03 bits per heavy atom. The second-order valence-corrected chi connectivity index (χ2v) is 8.63. The molecule has 8 heteroatoms. The summed E-state index contributed by atoms with van der Waals surface area (Å²) < 4.78 is 7.57. The largest absolute Gasteiger partial charge is 0.495 e. The van der Waals surface area contributed by atoms with Gasteiger partial charge in [-0.2, -0.15) is 0 Å². The Bertz CT molecular complexity index is 1320. The predicted molar refractivity (Wildman–Crippen MR) is 127 cm³/mol. The van der Waals surface area contributed by atoms with E-state index in [4.69, 9.17) is 9.72 Å². The summed E-state index contributed by atoms with van der Waals surface area (Å²) in [6.45, 7) is 2.19. The fourth-order valence-electron chi connectivity index (χ4n) is 4.34. The monoisotopic (exact) mass is 442 g/mol. The number of imidazole rings is 1. The molecule has 33 heavy (non-hydrogen) atoms. The van der Waals surface area contributed by atoms with E-state index in [0.717, 1.165) is 52.3 Å². The van der Waals surface area contributed by atoms with E-state index in [9.17, 15) is 5.11 Å². The zero-order chi connectivity index (χ0) is 23.0. The molecule has 0 aliphatic heterocycles. The number of hydrogen-bond acceptors (Lipinski definition) is 7. The van der Waals surface area contributed by atoms with Crippen molar-refractivity contribution in [1.82, 2.24) is 24.5 Å². The van der Waals surface area contributed by atoms with E-state index in [0.29, 0.717) is 11.7 Å². The van der Waals surface area contributed by atoms with Crippen LogP contribution in [0.4, 0.5) is 11.6 Å². The molecule has 0 spiro atoms. The molecule has 0 saturated heterocycles. The van der Waals surface area contributed by atoms with Crippen molar-refractivity contribution in [3.05, 3.63) is 66.5 Å². The SMILES string of the molecule is COc1cc(-c2cncn2C)ccc1Nc1nccc(-c2cnc3c(c2)C(C)(CO)CC3)n1. The molecular formula is C25H26N6O2. The van der Waals surface area contributed by atoms with Crippen LogP contribution in [0.15, 0.2) is 55.2 Å². The smallest absolute Gasteiger partial charge is 0.227 e. The second-order valence-electron chi connectivity index (χ2n) is 8.63. The zero-order valence-electron chi connectivity index (χ0n) is 18.9. The summed E-state index contributed by atoms with van der Waals surface area (Å²) in [5.74, 6) is 1.14. The first-order valence-corrected chi connectivity index (χ1v) is 10.9. The Labute approximate surface area is 192 Å². The number of aryl methyl sites for hydroxylation is 2. The van der Waals surface area contributed by atoms with Gasteiger partial charge in [-0.25, -0.2) is 15.0 Å². The molecular weight excluding hydrogens is 416 g/mol. The van der Waals surface area contributed by atoms with Gasteiger partial charge in [-0.15, -0.1) is 0 Å². The maximum atomic E-state index is 9.91. The average molecular weight is 443 g/mol. The molecule has 0 fully saturated rings. The van der Waals surface area contributed by atoms with Gasteiger partial charge in [0, 0.05) is 41.7 Å². The van der Waals surface area contributed by atoms with Crippen LogP contribution in [0, 0.1) is 0 Å². The molecule has 5 rings (SSSR count). The Kier molecular flexibility index (Phi) is 5.30. The zero-order valence-corrected chi connectivity index (χ0v) is 18.9. The van der Waals surface area contributed by atoms with Gasteiger partial charge in [0.1, 0.15) is 5.75 Å². The van der Waals surface area contributed by atoms with Crippen molar-refractivity contribution in [3.8, 4) is 28.3 Å². The van der Waals surface area contributed by atoms with E-state index < -0.39 is 0 Å². The summed E-state index contributed by atoms with van der Waals surface area (Å²) in [5.41, 5.74) is 6.33. The van der Waals surface area contributed by atoms with E-state index in [1.807, 2.05) is 48.3 Å². The highest BCUT2D eigenvalue weighted by Crippen LogP contribution is 2.39. The predicted octanol–water partition coefficient (Wildman–Crippen LogP) is 3.89. The molecule has 1 aliphatic carbocycles. The molecule has 3 aromatic heterocycles.